The fourth-order valence-electron chi connectivity index (χ4n) is 5.52. The van der Waals surface area contributed by atoms with E-state index in [1.165, 1.54) is 70.4 Å². The number of allylic oxidation sites excluding steroid dienone is 6. The van der Waals surface area contributed by atoms with E-state index in [9.17, 15) is 0 Å². The molecule has 0 fully saturated rings. The number of unbranched alkanes of at least 4 members (excludes halogenated alkanes) is 1. The van der Waals surface area contributed by atoms with Crippen LogP contribution >= 0.6 is 0 Å². The Hall–Kier alpha value is -4.04. The van der Waals surface area contributed by atoms with Crippen LogP contribution in [0.2, 0.25) is 0 Å². The van der Waals surface area contributed by atoms with Gasteiger partial charge in [0.25, 0.3) is 0 Å². The van der Waals surface area contributed by atoms with Gasteiger partial charge in [0.15, 0.2) is 0 Å². The van der Waals surface area contributed by atoms with Crippen molar-refractivity contribution >= 4 is 22.7 Å². The third-order valence-corrected chi connectivity index (χ3v) is 7.70. The van der Waals surface area contributed by atoms with E-state index in [0.717, 1.165) is 18.5 Å². The van der Waals surface area contributed by atoms with E-state index < -0.39 is 0 Å². The van der Waals surface area contributed by atoms with Gasteiger partial charge < -0.3 is 9.88 Å². The van der Waals surface area contributed by atoms with E-state index in [4.69, 9.17) is 0 Å². The standard InChI is InChI=1S/C37H40N2/c1-4-7-9-15-36-27-32-26-31(30-16-21-34(22-17-30)38-33-13-10-11-14-33)20-25-37(32)39(36)35-23-18-29(19-24-35)28(6-3)12-8-5-2/h4,6-7,9,13,15-28,38H,3,5,8,10-12,14H2,1-2H3/b7-4-,15-9-. The summed E-state index contributed by atoms with van der Waals surface area (Å²) in [6.07, 6.45) is 20.0. The van der Waals surface area contributed by atoms with Crippen LogP contribution in [0.15, 0.2) is 115 Å². The first-order valence-electron chi connectivity index (χ1n) is 14.4. The number of hydrogen-bond donors (Lipinski definition) is 1. The highest BCUT2D eigenvalue weighted by atomic mass is 15.0. The molecule has 2 nitrogen and oxygen atoms in total. The van der Waals surface area contributed by atoms with Gasteiger partial charge in [-0.15, -0.1) is 6.58 Å². The molecule has 0 radical (unpaired) electrons. The van der Waals surface area contributed by atoms with Crippen molar-refractivity contribution in [3.63, 3.8) is 0 Å². The summed E-state index contributed by atoms with van der Waals surface area (Å²) in [6, 6.07) is 27.0. The summed E-state index contributed by atoms with van der Waals surface area (Å²) in [5.41, 5.74) is 9.87. The first-order chi connectivity index (χ1) is 19.2. The lowest BCUT2D eigenvalue weighted by molar-refractivity contribution is 0.664. The van der Waals surface area contributed by atoms with Crippen molar-refractivity contribution in [1.29, 1.82) is 0 Å². The van der Waals surface area contributed by atoms with Crippen LogP contribution in [-0.4, -0.2) is 4.57 Å². The van der Waals surface area contributed by atoms with Crippen molar-refractivity contribution in [1.82, 2.24) is 4.57 Å². The molecule has 1 aromatic heterocycles. The fourth-order valence-corrected chi connectivity index (χ4v) is 5.52. The summed E-state index contributed by atoms with van der Waals surface area (Å²) in [6.45, 7) is 8.39. The second-order valence-electron chi connectivity index (χ2n) is 10.5. The summed E-state index contributed by atoms with van der Waals surface area (Å²) in [5, 5.41) is 4.80. The monoisotopic (exact) mass is 512 g/mol. The molecule has 1 aliphatic carbocycles. The van der Waals surface area contributed by atoms with Crippen molar-refractivity contribution in [2.24, 2.45) is 0 Å². The molecule has 5 rings (SSSR count). The molecule has 1 heterocycles. The highest BCUT2D eigenvalue weighted by molar-refractivity contribution is 5.90. The lowest BCUT2D eigenvalue weighted by Gasteiger charge is -2.15. The van der Waals surface area contributed by atoms with Gasteiger partial charge in [-0.25, -0.2) is 0 Å². The van der Waals surface area contributed by atoms with E-state index in [-0.39, 0.29) is 0 Å². The first kappa shape index (κ1) is 26.6. The number of nitrogens with one attached hydrogen (secondary N) is 1. The normalized spacial score (nSPS) is 14.4. The fraction of sp³-hybridized carbons (Fsp3) is 0.243. The number of benzene rings is 3. The first-order valence-corrected chi connectivity index (χ1v) is 14.4. The molecule has 0 spiro atoms. The smallest absolute Gasteiger partial charge is 0.0535 e. The number of rotatable bonds is 11. The quantitative estimate of drug-likeness (QED) is 0.156. The van der Waals surface area contributed by atoms with Crippen LogP contribution in [0.1, 0.15) is 69.5 Å². The second kappa shape index (κ2) is 12.7. The van der Waals surface area contributed by atoms with Gasteiger partial charge in [-0.1, -0.05) is 80.5 Å². The zero-order valence-corrected chi connectivity index (χ0v) is 23.4. The highest BCUT2D eigenvalue weighted by Crippen LogP contribution is 2.32. The van der Waals surface area contributed by atoms with Crippen LogP contribution in [0.3, 0.4) is 0 Å². The Bertz CT molecular complexity index is 1490. The van der Waals surface area contributed by atoms with Crippen LogP contribution in [-0.2, 0) is 0 Å². The molecule has 2 heteroatoms. The van der Waals surface area contributed by atoms with Gasteiger partial charge in [0.2, 0.25) is 0 Å². The van der Waals surface area contributed by atoms with E-state index in [1.807, 2.05) is 6.92 Å². The van der Waals surface area contributed by atoms with E-state index >= 15 is 0 Å². The van der Waals surface area contributed by atoms with Crippen molar-refractivity contribution < 1.29 is 0 Å². The van der Waals surface area contributed by atoms with Gasteiger partial charge in [0.05, 0.1) is 5.52 Å². The summed E-state index contributed by atoms with van der Waals surface area (Å²) in [5.74, 6) is 0.411. The summed E-state index contributed by atoms with van der Waals surface area (Å²) < 4.78 is 2.36. The maximum atomic E-state index is 4.09. The van der Waals surface area contributed by atoms with Crippen molar-refractivity contribution in [3.05, 3.63) is 127 Å². The molecule has 1 aliphatic rings. The predicted octanol–water partition coefficient (Wildman–Crippen LogP) is 10.8. The Morgan fingerprint density at radius 1 is 0.949 bits per heavy atom. The van der Waals surface area contributed by atoms with Gasteiger partial charge >= 0.3 is 0 Å². The number of nitrogens with zero attached hydrogens (tertiary/aromatic N) is 1. The highest BCUT2D eigenvalue weighted by Gasteiger charge is 2.13. The predicted molar refractivity (Wildman–Crippen MR) is 171 cm³/mol. The Labute approximate surface area is 234 Å². The molecule has 4 aromatic rings. The van der Waals surface area contributed by atoms with Crippen molar-refractivity contribution in [2.45, 2.75) is 58.3 Å². The zero-order chi connectivity index (χ0) is 27.0. The van der Waals surface area contributed by atoms with Crippen LogP contribution in [0.5, 0.6) is 0 Å². The Morgan fingerprint density at radius 3 is 2.44 bits per heavy atom. The molecule has 0 saturated carbocycles. The van der Waals surface area contributed by atoms with Crippen LogP contribution in [0.4, 0.5) is 5.69 Å². The van der Waals surface area contributed by atoms with Crippen molar-refractivity contribution in [3.8, 4) is 16.8 Å². The summed E-state index contributed by atoms with van der Waals surface area (Å²) in [4.78, 5) is 0. The summed E-state index contributed by atoms with van der Waals surface area (Å²) >= 11 is 0. The van der Waals surface area contributed by atoms with Gasteiger partial charge in [-0.3, -0.25) is 0 Å². The third-order valence-electron chi connectivity index (χ3n) is 7.70. The molecule has 1 unspecified atom stereocenters. The third kappa shape index (κ3) is 6.17. The number of anilines is 1. The molecule has 1 atom stereocenters. The molecule has 39 heavy (non-hydrogen) atoms. The van der Waals surface area contributed by atoms with E-state index in [0.29, 0.717) is 5.92 Å². The topological polar surface area (TPSA) is 17.0 Å². The van der Waals surface area contributed by atoms with Crippen molar-refractivity contribution in [2.75, 3.05) is 5.32 Å². The van der Waals surface area contributed by atoms with Gasteiger partial charge in [0, 0.05) is 34.1 Å². The minimum Gasteiger partial charge on any atom is -0.359 e. The molecule has 0 aliphatic heterocycles. The maximum Gasteiger partial charge on any atom is 0.0535 e. The molecule has 3 aromatic carbocycles. The number of fused-ring (bicyclic) bond motifs is 1. The largest absolute Gasteiger partial charge is 0.359 e. The molecule has 0 amide bonds. The lowest BCUT2D eigenvalue weighted by Crippen LogP contribution is -1.99. The van der Waals surface area contributed by atoms with Gasteiger partial charge in [-0.05, 0) is 97.8 Å². The average molecular weight is 513 g/mol. The lowest BCUT2D eigenvalue weighted by atomic mass is 9.93. The molecule has 0 bridgehead atoms. The SMILES string of the molecule is C=CC(CCCC)c1ccc(-n2c(/C=C\C=C/C)cc3cc(-c4ccc(NC5=CCCC5)cc4)ccc32)cc1. The Morgan fingerprint density at radius 2 is 1.74 bits per heavy atom. The zero-order valence-electron chi connectivity index (χ0n) is 23.4. The molecule has 198 valence electrons. The molecular formula is C37H40N2. The molecular weight excluding hydrogens is 472 g/mol. The maximum absolute atomic E-state index is 4.09. The Kier molecular flexibility index (Phi) is 8.63. The minimum atomic E-state index is 0.411. The van der Waals surface area contributed by atoms with Crippen LogP contribution in [0, 0.1) is 0 Å². The Balaban J connectivity index is 1.47. The van der Waals surface area contributed by atoms with Gasteiger partial charge in [0.1, 0.15) is 0 Å². The van der Waals surface area contributed by atoms with E-state index in [2.05, 4.69) is 133 Å². The summed E-state index contributed by atoms with van der Waals surface area (Å²) in [7, 11) is 0. The van der Waals surface area contributed by atoms with E-state index in [1.54, 1.807) is 0 Å². The average Bonchev–Trinajstić information content (AvgIpc) is 3.61. The number of aromatic nitrogens is 1. The second-order valence-corrected chi connectivity index (χ2v) is 10.5. The van der Waals surface area contributed by atoms with Gasteiger partial charge in [-0.2, -0.15) is 0 Å². The van der Waals surface area contributed by atoms with Crippen LogP contribution < -0.4 is 5.32 Å². The molecule has 1 N–H and O–H groups in total. The van der Waals surface area contributed by atoms with Crippen LogP contribution in [0.25, 0.3) is 33.8 Å². The minimum absolute atomic E-state index is 0.411. The number of hydrogen-bond acceptors (Lipinski definition) is 1. The molecule has 0 saturated heterocycles.